The molecule has 0 unspecified atom stereocenters. The zero-order valence-corrected chi connectivity index (χ0v) is 11.9. The largest absolute Gasteiger partial charge is 0.398 e. The van der Waals surface area contributed by atoms with Crippen LogP contribution in [0.25, 0.3) is 0 Å². The van der Waals surface area contributed by atoms with Gasteiger partial charge in [-0.2, -0.15) is 5.10 Å². The van der Waals surface area contributed by atoms with Crippen molar-refractivity contribution in [2.24, 2.45) is 0 Å². The van der Waals surface area contributed by atoms with Crippen LogP contribution in [-0.2, 0) is 16.4 Å². The van der Waals surface area contributed by atoms with E-state index in [1.807, 2.05) is 6.92 Å². The summed E-state index contributed by atoms with van der Waals surface area (Å²) in [5, 5.41) is 6.77. The molecule has 20 heavy (non-hydrogen) atoms. The molecule has 0 amide bonds. The SMILES string of the molecule is Cc1[nH]ncc1CCCNS(=O)(=O)c1cnccc1N. The summed E-state index contributed by atoms with van der Waals surface area (Å²) in [5.41, 5.74) is 7.92. The van der Waals surface area contributed by atoms with E-state index in [1.165, 1.54) is 18.5 Å². The summed E-state index contributed by atoms with van der Waals surface area (Å²) < 4.78 is 26.6. The molecule has 2 rings (SSSR count). The van der Waals surface area contributed by atoms with E-state index in [-0.39, 0.29) is 10.6 Å². The van der Waals surface area contributed by atoms with Gasteiger partial charge < -0.3 is 5.73 Å². The maximum atomic E-state index is 12.0. The molecule has 108 valence electrons. The van der Waals surface area contributed by atoms with E-state index >= 15 is 0 Å². The fraction of sp³-hybridized carbons (Fsp3) is 0.333. The Balaban J connectivity index is 1.91. The van der Waals surface area contributed by atoms with Gasteiger partial charge in [0.1, 0.15) is 4.90 Å². The molecule has 2 aromatic rings. The van der Waals surface area contributed by atoms with Gasteiger partial charge in [-0.1, -0.05) is 0 Å². The summed E-state index contributed by atoms with van der Waals surface area (Å²) in [6, 6.07) is 1.46. The van der Waals surface area contributed by atoms with Gasteiger partial charge in [0.2, 0.25) is 10.0 Å². The van der Waals surface area contributed by atoms with Crippen LogP contribution in [0, 0.1) is 6.92 Å². The van der Waals surface area contributed by atoms with E-state index in [2.05, 4.69) is 19.9 Å². The molecule has 2 heterocycles. The molecule has 4 N–H and O–H groups in total. The Kier molecular flexibility index (Phi) is 4.35. The van der Waals surface area contributed by atoms with Crippen LogP contribution >= 0.6 is 0 Å². The molecule has 2 aromatic heterocycles. The first-order valence-corrected chi connectivity index (χ1v) is 7.67. The Labute approximate surface area is 117 Å². The minimum Gasteiger partial charge on any atom is -0.398 e. The molecular formula is C12H17N5O2S. The van der Waals surface area contributed by atoms with E-state index in [4.69, 9.17) is 5.73 Å². The van der Waals surface area contributed by atoms with Crippen molar-refractivity contribution in [1.82, 2.24) is 19.9 Å². The number of nitrogen functional groups attached to an aromatic ring is 1. The number of aromatic amines is 1. The summed E-state index contributed by atoms with van der Waals surface area (Å²) in [6.07, 6.45) is 5.89. The average Bonchev–Trinajstić information content (AvgIpc) is 2.81. The number of aryl methyl sites for hydroxylation is 2. The summed E-state index contributed by atoms with van der Waals surface area (Å²) in [5.74, 6) is 0. The number of aromatic nitrogens is 3. The molecule has 0 saturated carbocycles. The van der Waals surface area contributed by atoms with Gasteiger partial charge in [-0.3, -0.25) is 10.1 Å². The van der Waals surface area contributed by atoms with Crippen LogP contribution < -0.4 is 10.5 Å². The van der Waals surface area contributed by atoms with Crippen molar-refractivity contribution in [3.63, 3.8) is 0 Å². The number of pyridine rings is 1. The monoisotopic (exact) mass is 295 g/mol. The molecule has 0 radical (unpaired) electrons. The standard InChI is InChI=1S/C12H17N5O2S/c1-9-10(7-15-17-9)3-2-5-16-20(18,19)12-8-14-6-4-11(12)13/h4,6-8,16H,2-3,5H2,1H3,(H2,13,14)(H,15,17). The topological polar surface area (TPSA) is 114 Å². The van der Waals surface area contributed by atoms with Crippen molar-refractivity contribution in [2.45, 2.75) is 24.7 Å². The van der Waals surface area contributed by atoms with Gasteiger partial charge >= 0.3 is 0 Å². The molecule has 7 nitrogen and oxygen atoms in total. The number of H-pyrrole nitrogens is 1. The number of anilines is 1. The lowest BCUT2D eigenvalue weighted by molar-refractivity contribution is 0.579. The summed E-state index contributed by atoms with van der Waals surface area (Å²) in [6.45, 7) is 2.27. The smallest absolute Gasteiger partial charge is 0.244 e. The van der Waals surface area contributed by atoms with Crippen LogP contribution in [0.15, 0.2) is 29.6 Å². The highest BCUT2D eigenvalue weighted by Crippen LogP contribution is 2.15. The van der Waals surface area contributed by atoms with Crippen molar-refractivity contribution in [3.05, 3.63) is 35.9 Å². The third-order valence-electron chi connectivity index (χ3n) is 2.96. The van der Waals surface area contributed by atoms with Crippen LogP contribution in [0.4, 0.5) is 5.69 Å². The fourth-order valence-corrected chi connectivity index (χ4v) is 2.95. The van der Waals surface area contributed by atoms with Gasteiger partial charge in [0.05, 0.1) is 11.9 Å². The zero-order valence-electron chi connectivity index (χ0n) is 11.1. The molecule has 8 heteroatoms. The molecule has 0 aliphatic carbocycles. The van der Waals surface area contributed by atoms with E-state index in [0.717, 1.165) is 17.7 Å². The lowest BCUT2D eigenvalue weighted by Crippen LogP contribution is -2.26. The van der Waals surface area contributed by atoms with Gasteiger partial charge in [0.25, 0.3) is 0 Å². The minimum absolute atomic E-state index is 0.0134. The molecule has 0 saturated heterocycles. The quantitative estimate of drug-likeness (QED) is 0.675. The normalized spacial score (nSPS) is 11.7. The lowest BCUT2D eigenvalue weighted by atomic mass is 10.1. The number of nitrogens with zero attached hydrogens (tertiary/aromatic N) is 2. The molecule has 0 atom stereocenters. The number of hydrogen-bond donors (Lipinski definition) is 3. The second kappa shape index (κ2) is 6.02. The summed E-state index contributed by atoms with van der Waals surface area (Å²) in [7, 11) is -3.60. The van der Waals surface area contributed by atoms with Crippen LogP contribution in [0.2, 0.25) is 0 Å². The van der Waals surface area contributed by atoms with E-state index in [9.17, 15) is 8.42 Å². The van der Waals surface area contributed by atoms with Gasteiger partial charge in [-0.25, -0.2) is 13.1 Å². The highest BCUT2D eigenvalue weighted by molar-refractivity contribution is 7.89. The Hall–Kier alpha value is -1.93. The Morgan fingerprint density at radius 2 is 2.20 bits per heavy atom. The molecule has 0 bridgehead atoms. The Bertz CT molecular complexity index is 681. The van der Waals surface area contributed by atoms with Gasteiger partial charge in [0, 0.05) is 24.6 Å². The second-order valence-corrected chi connectivity index (χ2v) is 6.17. The predicted molar refractivity (Wildman–Crippen MR) is 75.5 cm³/mol. The van der Waals surface area contributed by atoms with Crippen molar-refractivity contribution in [3.8, 4) is 0 Å². The maximum Gasteiger partial charge on any atom is 0.244 e. The van der Waals surface area contributed by atoms with Crippen LogP contribution in [0.3, 0.4) is 0 Å². The van der Waals surface area contributed by atoms with E-state index < -0.39 is 10.0 Å². The van der Waals surface area contributed by atoms with Gasteiger partial charge in [-0.05, 0) is 31.4 Å². The highest BCUT2D eigenvalue weighted by atomic mass is 32.2. The van der Waals surface area contributed by atoms with Crippen LogP contribution in [-0.4, -0.2) is 30.1 Å². The molecule has 0 aliphatic rings. The number of hydrogen-bond acceptors (Lipinski definition) is 5. The second-order valence-electron chi connectivity index (χ2n) is 4.44. The first kappa shape index (κ1) is 14.5. The fourth-order valence-electron chi connectivity index (χ4n) is 1.81. The van der Waals surface area contributed by atoms with E-state index in [1.54, 1.807) is 6.20 Å². The number of sulfonamides is 1. The van der Waals surface area contributed by atoms with Crippen molar-refractivity contribution in [1.29, 1.82) is 0 Å². The zero-order chi connectivity index (χ0) is 14.6. The van der Waals surface area contributed by atoms with Crippen LogP contribution in [0.1, 0.15) is 17.7 Å². The minimum atomic E-state index is -3.60. The number of rotatable bonds is 6. The molecular weight excluding hydrogens is 278 g/mol. The molecule has 0 fully saturated rings. The predicted octanol–water partition coefficient (Wildman–Crippen LogP) is 0.606. The summed E-state index contributed by atoms with van der Waals surface area (Å²) >= 11 is 0. The van der Waals surface area contributed by atoms with Gasteiger partial charge in [0.15, 0.2) is 0 Å². The first-order chi connectivity index (χ1) is 9.50. The first-order valence-electron chi connectivity index (χ1n) is 6.18. The third kappa shape index (κ3) is 3.34. The van der Waals surface area contributed by atoms with Crippen molar-refractivity contribution < 1.29 is 8.42 Å². The van der Waals surface area contributed by atoms with Crippen molar-refractivity contribution >= 4 is 15.7 Å². The van der Waals surface area contributed by atoms with Crippen LogP contribution in [0.5, 0.6) is 0 Å². The number of nitrogens with one attached hydrogen (secondary N) is 2. The average molecular weight is 295 g/mol. The molecule has 0 spiro atoms. The maximum absolute atomic E-state index is 12.0. The molecule has 0 aromatic carbocycles. The summed E-state index contributed by atoms with van der Waals surface area (Å²) in [4.78, 5) is 3.79. The number of nitrogens with two attached hydrogens (primary N) is 1. The lowest BCUT2D eigenvalue weighted by Gasteiger charge is -2.08. The van der Waals surface area contributed by atoms with E-state index in [0.29, 0.717) is 13.0 Å². The van der Waals surface area contributed by atoms with Crippen molar-refractivity contribution in [2.75, 3.05) is 12.3 Å². The molecule has 0 aliphatic heterocycles. The Morgan fingerprint density at radius 1 is 1.40 bits per heavy atom. The highest BCUT2D eigenvalue weighted by Gasteiger charge is 2.16. The Morgan fingerprint density at radius 3 is 2.85 bits per heavy atom. The van der Waals surface area contributed by atoms with Gasteiger partial charge in [-0.15, -0.1) is 0 Å². The third-order valence-corrected chi connectivity index (χ3v) is 4.46.